The standard InChI is InChI=1S/C7H7BrN2O2/c8-6-2-9-1-4(10-6)7-5(11)3-12-7/h1-2,5,7,11H,3H2. The van der Waals surface area contributed by atoms with E-state index >= 15 is 0 Å². The van der Waals surface area contributed by atoms with Crippen LogP contribution in [-0.2, 0) is 4.74 Å². The quantitative estimate of drug-likeness (QED) is 0.771. The molecule has 2 unspecified atom stereocenters. The van der Waals surface area contributed by atoms with Crippen molar-refractivity contribution in [2.75, 3.05) is 6.61 Å². The Bertz CT molecular complexity index is 294. The van der Waals surface area contributed by atoms with Crippen LogP contribution in [0.3, 0.4) is 0 Å². The lowest BCUT2D eigenvalue weighted by Gasteiger charge is -2.31. The molecule has 4 nitrogen and oxygen atoms in total. The van der Waals surface area contributed by atoms with Gasteiger partial charge >= 0.3 is 0 Å². The maximum atomic E-state index is 9.24. The van der Waals surface area contributed by atoms with Crippen LogP contribution in [-0.4, -0.2) is 27.8 Å². The van der Waals surface area contributed by atoms with Crippen molar-refractivity contribution in [1.82, 2.24) is 9.97 Å². The van der Waals surface area contributed by atoms with Crippen LogP contribution in [0.25, 0.3) is 0 Å². The molecule has 5 heteroatoms. The molecular weight excluding hydrogens is 224 g/mol. The molecule has 1 saturated heterocycles. The molecule has 0 spiro atoms. The smallest absolute Gasteiger partial charge is 0.129 e. The van der Waals surface area contributed by atoms with E-state index in [2.05, 4.69) is 25.9 Å². The number of hydrogen-bond acceptors (Lipinski definition) is 4. The van der Waals surface area contributed by atoms with Crippen molar-refractivity contribution in [3.8, 4) is 0 Å². The van der Waals surface area contributed by atoms with E-state index in [-0.39, 0.29) is 6.10 Å². The Morgan fingerprint density at radius 1 is 1.58 bits per heavy atom. The van der Waals surface area contributed by atoms with E-state index in [1.807, 2.05) is 0 Å². The minimum absolute atomic E-state index is 0.296. The molecule has 1 fully saturated rings. The van der Waals surface area contributed by atoms with Crippen molar-refractivity contribution in [3.63, 3.8) is 0 Å². The van der Waals surface area contributed by atoms with Gasteiger partial charge in [-0.15, -0.1) is 0 Å². The predicted molar refractivity (Wildman–Crippen MR) is 44.4 cm³/mol. The highest BCUT2D eigenvalue weighted by atomic mass is 79.9. The third kappa shape index (κ3) is 1.35. The van der Waals surface area contributed by atoms with Crippen molar-refractivity contribution in [1.29, 1.82) is 0 Å². The highest BCUT2D eigenvalue weighted by Gasteiger charge is 2.32. The molecule has 0 radical (unpaired) electrons. The monoisotopic (exact) mass is 230 g/mol. The van der Waals surface area contributed by atoms with Crippen LogP contribution in [0.15, 0.2) is 17.0 Å². The van der Waals surface area contributed by atoms with E-state index < -0.39 is 6.10 Å². The summed E-state index contributed by atoms with van der Waals surface area (Å²) in [6.07, 6.45) is 2.45. The number of ether oxygens (including phenoxy) is 1. The molecule has 1 aromatic heterocycles. The van der Waals surface area contributed by atoms with Gasteiger partial charge in [0.25, 0.3) is 0 Å². The molecule has 2 heterocycles. The van der Waals surface area contributed by atoms with Gasteiger partial charge < -0.3 is 9.84 Å². The normalized spacial score (nSPS) is 28.2. The Morgan fingerprint density at radius 3 is 2.92 bits per heavy atom. The van der Waals surface area contributed by atoms with Crippen LogP contribution in [0.5, 0.6) is 0 Å². The van der Waals surface area contributed by atoms with Gasteiger partial charge in [-0.2, -0.15) is 0 Å². The molecular formula is C7H7BrN2O2. The van der Waals surface area contributed by atoms with E-state index in [1.165, 1.54) is 0 Å². The molecule has 0 saturated carbocycles. The molecule has 1 N–H and O–H groups in total. The van der Waals surface area contributed by atoms with Gasteiger partial charge in [0.1, 0.15) is 16.8 Å². The fourth-order valence-electron chi connectivity index (χ4n) is 1.05. The van der Waals surface area contributed by atoms with E-state index in [9.17, 15) is 5.11 Å². The molecule has 2 atom stereocenters. The first kappa shape index (κ1) is 8.10. The molecule has 1 aliphatic rings. The van der Waals surface area contributed by atoms with E-state index in [0.29, 0.717) is 16.9 Å². The fourth-order valence-corrected chi connectivity index (χ4v) is 1.38. The largest absolute Gasteiger partial charge is 0.388 e. The summed E-state index contributed by atoms with van der Waals surface area (Å²) < 4.78 is 5.77. The summed E-state index contributed by atoms with van der Waals surface area (Å²) in [6, 6.07) is 0. The molecule has 0 amide bonds. The summed E-state index contributed by atoms with van der Waals surface area (Å²) in [5.74, 6) is 0. The van der Waals surface area contributed by atoms with E-state index in [4.69, 9.17) is 4.74 Å². The maximum Gasteiger partial charge on any atom is 0.129 e. The molecule has 0 aromatic carbocycles. The average molecular weight is 231 g/mol. The van der Waals surface area contributed by atoms with Gasteiger partial charge in [0.05, 0.1) is 24.7 Å². The van der Waals surface area contributed by atoms with Crippen LogP contribution in [0.2, 0.25) is 0 Å². The van der Waals surface area contributed by atoms with Gasteiger partial charge in [-0.1, -0.05) is 0 Å². The third-order valence-corrected chi connectivity index (χ3v) is 2.09. The van der Waals surface area contributed by atoms with Crippen LogP contribution >= 0.6 is 15.9 Å². The highest BCUT2D eigenvalue weighted by Crippen LogP contribution is 2.28. The SMILES string of the molecule is OC1COC1c1cncc(Br)n1. The number of halogens is 1. The number of aromatic nitrogens is 2. The molecule has 64 valence electrons. The second-order valence-electron chi connectivity index (χ2n) is 2.59. The predicted octanol–water partition coefficient (Wildman–Crippen LogP) is 0.671. The Hall–Kier alpha value is -0.520. The Labute approximate surface area is 77.7 Å². The van der Waals surface area contributed by atoms with Crippen molar-refractivity contribution >= 4 is 15.9 Å². The van der Waals surface area contributed by atoms with Crippen LogP contribution in [0.4, 0.5) is 0 Å². The number of rotatable bonds is 1. The number of aliphatic hydroxyl groups is 1. The van der Waals surface area contributed by atoms with Gasteiger partial charge in [0, 0.05) is 0 Å². The van der Waals surface area contributed by atoms with Gasteiger partial charge in [0.15, 0.2) is 0 Å². The van der Waals surface area contributed by atoms with Gasteiger partial charge in [-0.3, -0.25) is 4.98 Å². The minimum atomic E-state index is -0.436. The first-order chi connectivity index (χ1) is 5.77. The van der Waals surface area contributed by atoms with E-state index in [1.54, 1.807) is 12.4 Å². The minimum Gasteiger partial charge on any atom is -0.388 e. The first-order valence-electron chi connectivity index (χ1n) is 3.54. The lowest BCUT2D eigenvalue weighted by molar-refractivity contribution is -0.167. The molecule has 1 aromatic rings. The number of hydrogen-bond donors (Lipinski definition) is 1. The third-order valence-electron chi connectivity index (χ3n) is 1.71. The Kier molecular flexibility index (Phi) is 2.08. The summed E-state index contributed by atoms with van der Waals surface area (Å²) >= 11 is 3.19. The Morgan fingerprint density at radius 2 is 2.42 bits per heavy atom. The highest BCUT2D eigenvalue weighted by molar-refractivity contribution is 9.10. The zero-order valence-electron chi connectivity index (χ0n) is 6.14. The maximum absolute atomic E-state index is 9.24. The van der Waals surface area contributed by atoms with E-state index in [0.717, 1.165) is 0 Å². The summed E-state index contributed by atoms with van der Waals surface area (Å²) in [7, 11) is 0. The zero-order valence-corrected chi connectivity index (χ0v) is 7.73. The van der Waals surface area contributed by atoms with Crippen LogP contribution < -0.4 is 0 Å². The summed E-state index contributed by atoms with van der Waals surface area (Å²) in [5.41, 5.74) is 0.670. The van der Waals surface area contributed by atoms with Gasteiger partial charge in [-0.05, 0) is 15.9 Å². The summed E-state index contributed by atoms with van der Waals surface area (Å²) in [6.45, 7) is 0.388. The average Bonchev–Trinajstić information content (AvgIpc) is 2.02. The molecule has 2 rings (SSSR count). The van der Waals surface area contributed by atoms with Crippen LogP contribution in [0, 0.1) is 0 Å². The molecule has 0 aliphatic carbocycles. The van der Waals surface area contributed by atoms with Crippen molar-refractivity contribution in [2.24, 2.45) is 0 Å². The molecule has 12 heavy (non-hydrogen) atoms. The molecule has 1 aliphatic heterocycles. The lowest BCUT2D eigenvalue weighted by atomic mass is 10.1. The summed E-state index contributed by atoms with van der Waals surface area (Å²) in [5, 5.41) is 9.24. The fraction of sp³-hybridized carbons (Fsp3) is 0.429. The number of nitrogens with zero attached hydrogens (tertiary/aromatic N) is 2. The first-order valence-corrected chi connectivity index (χ1v) is 4.34. The van der Waals surface area contributed by atoms with Crippen molar-refractivity contribution in [2.45, 2.75) is 12.2 Å². The summed E-state index contributed by atoms with van der Waals surface area (Å²) in [4.78, 5) is 8.04. The second kappa shape index (κ2) is 3.08. The van der Waals surface area contributed by atoms with Gasteiger partial charge in [0.2, 0.25) is 0 Å². The lowest BCUT2D eigenvalue weighted by Crippen LogP contribution is -2.37. The van der Waals surface area contributed by atoms with Gasteiger partial charge in [-0.25, -0.2) is 4.98 Å². The van der Waals surface area contributed by atoms with Crippen molar-refractivity contribution < 1.29 is 9.84 Å². The van der Waals surface area contributed by atoms with Crippen LogP contribution in [0.1, 0.15) is 11.8 Å². The number of aliphatic hydroxyl groups excluding tert-OH is 1. The topological polar surface area (TPSA) is 55.2 Å². The van der Waals surface area contributed by atoms with Crippen molar-refractivity contribution in [3.05, 3.63) is 22.7 Å². The Balaban J connectivity index is 2.22. The zero-order chi connectivity index (χ0) is 8.55. The second-order valence-corrected chi connectivity index (χ2v) is 3.40. The molecule has 0 bridgehead atoms.